The zero-order valence-corrected chi connectivity index (χ0v) is 6.73. The third kappa shape index (κ3) is 2.00. The summed E-state index contributed by atoms with van der Waals surface area (Å²) in [4.78, 5) is 14.5. The average Bonchev–Trinajstić information content (AvgIpc) is 2.52. The van der Waals surface area contributed by atoms with E-state index in [9.17, 15) is 0 Å². The minimum absolute atomic E-state index is 0.250. The molecule has 0 saturated carbocycles. The van der Waals surface area contributed by atoms with E-state index in [1.54, 1.807) is 19.4 Å². The second-order valence-electron chi connectivity index (χ2n) is 1.98. The zero-order valence-electron chi connectivity index (χ0n) is 6.73. The molecule has 5 nitrogen and oxygen atoms in total. The summed E-state index contributed by atoms with van der Waals surface area (Å²) in [6, 6.07) is 0. The molecule has 0 amide bonds. The lowest BCUT2D eigenvalue weighted by Crippen LogP contribution is -1.76. The first-order valence-electron chi connectivity index (χ1n) is 3.58. The molecule has 0 atom stereocenters. The molecule has 5 heteroatoms. The highest BCUT2D eigenvalue weighted by atomic mass is 16.2. The molecule has 2 aromatic rings. The second-order valence-corrected chi connectivity index (χ2v) is 1.98. The van der Waals surface area contributed by atoms with Crippen molar-refractivity contribution in [1.82, 2.24) is 19.9 Å². The summed E-state index contributed by atoms with van der Waals surface area (Å²) in [6.07, 6.45) is 4.76. The summed E-state index contributed by atoms with van der Waals surface area (Å²) in [5.41, 5.74) is 1.59. The Morgan fingerprint density at radius 1 is 1.50 bits per heavy atom. The van der Waals surface area contributed by atoms with E-state index in [2.05, 4.69) is 19.9 Å². The Labute approximate surface area is 69.5 Å². The number of hydrogen-bond donors (Lipinski definition) is 2. The molecule has 0 fully saturated rings. The standard InChI is InChI=1S/C5H4N4.C2H6O/c1-4-5(8-2-6-1)9-3-7-4;1-2-3/h1-3H,(H,6,7,8,9);3H,2H2,1H3. The van der Waals surface area contributed by atoms with Gasteiger partial charge in [-0.2, -0.15) is 0 Å². The minimum atomic E-state index is 0.250. The van der Waals surface area contributed by atoms with Crippen LogP contribution in [0.1, 0.15) is 6.92 Å². The maximum Gasteiger partial charge on any atom is 0.180 e. The Balaban J connectivity index is 0.000000213. The van der Waals surface area contributed by atoms with E-state index in [0.29, 0.717) is 5.65 Å². The summed E-state index contributed by atoms with van der Waals surface area (Å²) in [5, 5.41) is 7.57. The Morgan fingerprint density at radius 2 is 2.25 bits per heavy atom. The fourth-order valence-corrected chi connectivity index (χ4v) is 0.691. The molecule has 2 rings (SSSR count). The van der Waals surface area contributed by atoms with Crippen LogP contribution in [0.4, 0.5) is 0 Å². The van der Waals surface area contributed by atoms with Gasteiger partial charge in [-0.1, -0.05) is 0 Å². The Morgan fingerprint density at radius 3 is 2.92 bits per heavy atom. The van der Waals surface area contributed by atoms with Crippen molar-refractivity contribution in [2.45, 2.75) is 6.92 Å². The molecular formula is C7H10N4O. The SMILES string of the molecule is CCO.c1ncc2[nH]cnc2n1. The molecule has 64 valence electrons. The van der Waals surface area contributed by atoms with Gasteiger partial charge in [0, 0.05) is 6.61 Å². The Hall–Kier alpha value is -1.49. The summed E-state index contributed by atoms with van der Waals surface area (Å²) in [6.45, 7) is 1.93. The number of aromatic nitrogens is 4. The lowest BCUT2D eigenvalue weighted by molar-refractivity contribution is 0.318. The van der Waals surface area contributed by atoms with Crippen LogP contribution >= 0.6 is 0 Å². The van der Waals surface area contributed by atoms with Gasteiger partial charge >= 0.3 is 0 Å². The maximum atomic E-state index is 7.57. The van der Waals surface area contributed by atoms with E-state index >= 15 is 0 Å². The van der Waals surface area contributed by atoms with Crippen molar-refractivity contribution in [3.05, 3.63) is 18.9 Å². The van der Waals surface area contributed by atoms with Gasteiger partial charge in [0.05, 0.1) is 12.5 Å². The van der Waals surface area contributed by atoms with Crippen molar-refractivity contribution in [2.75, 3.05) is 6.61 Å². The number of imidazole rings is 1. The van der Waals surface area contributed by atoms with Crippen molar-refractivity contribution >= 4 is 11.2 Å². The molecule has 0 spiro atoms. The maximum absolute atomic E-state index is 7.57. The summed E-state index contributed by atoms with van der Waals surface area (Å²) < 4.78 is 0. The zero-order chi connectivity index (χ0) is 8.81. The van der Waals surface area contributed by atoms with Gasteiger partial charge in [-0.25, -0.2) is 15.0 Å². The van der Waals surface area contributed by atoms with Crippen LogP contribution in [0.15, 0.2) is 18.9 Å². The molecule has 2 aromatic heterocycles. The predicted molar refractivity (Wildman–Crippen MR) is 44.4 cm³/mol. The van der Waals surface area contributed by atoms with Crippen LogP contribution in [0.3, 0.4) is 0 Å². The molecule has 2 N–H and O–H groups in total. The molecule has 0 bridgehead atoms. The van der Waals surface area contributed by atoms with Gasteiger partial charge in [0.25, 0.3) is 0 Å². The van der Waals surface area contributed by atoms with Gasteiger partial charge in [0.2, 0.25) is 0 Å². The van der Waals surface area contributed by atoms with Crippen LogP contribution in [0, 0.1) is 0 Å². The number of aliphatic hydroxyl groups is 1. The number of nitrogens with one attached hydrogen (secondary N) is 1. The number of aliphatic hydroxyl groups excluding tert-OH is 1. The van der Waals surface area contributed by atoms with E-state index in [0.717, 1.165) is 5.52 Å². The normalized spacial score (nSPS) is 9.17. The smallest absolute Gasteiger partial charge is 0.180 e. The van der Waals surface area contributed by atoms with Gasteiger partial charge in [-0.15, -0.1) is 0 Å². The molecule has 0 saturated heterocycles. The van der Waals surface area contributed by atoms with E-state index in [4.69, 9.17) is 5.11 Å². The number of H-pyrrole nitrogens is 1. The molecule has 12 heavy (non-hydrogen) atoms. The van der Waals surface area contributed by atoms with Gasteiger partial charge in [-0.3, -0.25) is 0 Å². The van der Waals surface area contributed by atoms with E-state index in [1.807, 2.05) is 0 Å². The average molecular weight is 166 g/mol. The van der Waals surface area contributed by atoms with Crippen LogP contribution in [0.2, 0.25) is 0 Å². The number of aromatic amines is 1. The van der Waals surface area contributed by atoms with Gasteiger partial charge in [0.1, 0.15) is 11.8 Å². The van der Waals surface area contributed by atoms with Gasteiger partial charge < -0.3 is 10.1 Å². The second kappa shape index (κ2) is 4.40. The van der Waals surface area contributed by atoms with Crippen LogP contribution in [0.25, 0.3) is 11.2 Å². The number of nitrogens with zero attached hydrogens (tertiary/aromatic N) is 3. The van der Waals surface area contributed by atoms with Crippen LogP contribution < -0.4 is 0 Å². The van der Waals surface area contributed by atoms with E-state index < -0.39 is 0 Å². The first-order chi connectivity index (χ1) is 5.88. The summed E-state index contributed by atoms with van der Waals surface area (Å²) in [7, 11) is 0. The van der Waals surface area contributed by atoms with Crippen LogP contribution in [0.5, 0.6) is 0 Å². The molecule has 0 radical (unpaired) electrons. The van der Waals surface area contributed by atoms with Crippen molar-refractivity contribution < 1.29 is 5.11 Å². The number of rotatable bonds is 0. The van der Waals surface area contributed by atoms with E-state index in [1.165, 1.54) is 6.33 Å². The largest absolute Gasteiger partial charge is 0.397 e. The Bertz CT molecular complexity index is 302. The van der Waals surface area contributed by atoms with Gasteiger partial charge in [-0.05, 0) is 6.92 Å². The topological polar surface area (TPSA) is 74.7 Å². The van der Waals surface area contributed by atoms with Crippen LogP contribution in [-0.4, -0.2) is 31.6 Å². The first-order valence-corrected chi connectivity index (χ1v) is 3.58. The highest BCUT2D eigenvalue weighted by molar-refractivity contribution is 5.67. The summed E-state index contributed by atoms with van der Waals surface area (Å²) >= 11 is 0. The Kier molecular flexibility index (Phi) is 3.16. The highest BCUT2D eigenvalue weighted by Gasteiger charge is 1.91. The number of hydrogen-bond acceptors (Lipinski definition) is 4. The molecule has 0 aliphatic heterocycles. The fourth-order valence-electron chi connectivity index (χ4n) is 0.691. The first kappa shape index (κ1) is 8.61. The third-order valence-electron chi connectivity index (χ3n) is 1.10. The highest BCUT2D eigenvalue weighted by Crippen LogP contribution is 1.99. The predicted octanol–water partition coefficient (Wildman–Crippen LogP) is 0.351. The molecule has 0 aliphatic carbocycles. The van der Waals surface area contributed by atoms with E-state index in [-0.39, 0.29) is 6.61 Å². The molecule has 0 aromatic carbocycles. The molecule has 0 aliphatic rings. The summed E-state index contributed by atoms with van der Waals surface area (Å²) in [5.74, 6) is 0. The quantitative estimate of drug-likeness (QED) is 0.592. The number of fused-ring (bicyclic) bond motifs is 1. The lowest BCUT2D eigenvalue weighted by Gasteiger charge is -1.80. The lowest BCUT2D eigenvalue weighted by atomic mass is 10.6. The van der Waals surface area contributed by atoms with Gasteiger partial charge in [0.15, 0.2) is 5.65 Å². The third-order valence-corrected chi connectivity index (χ3v) is 1.10. The molecule has 2 heterocycles. The van der Waals surface area contributed by atoms with Crippen LogP contribution in [-0.2, 0) is 0 Å². The molecular weight excluding hydrogens is 156 g/mol. The molecule has 0 unspecified atom stereocenters. The van der Waals surface area contributed by atoms with Crippen molar-refractivity contribution in [3.63, 3.8) is 0 Å². The van der Waals surface area contributed by atoms with Crippen molar-refractivity contribution in [1.29, 1.82) is 0 Å². The fraction of sp³-hybridized carbons (Fsp3) is 0.286. The minimum Gasteiger partial charge on any atom is -0.397 e. The monoisotopic (exact) mass is 166 g/mol. The van der Waals surface area contributed by atoms with Crippen molar-refractivity contribution in [3.8, 4) is 0 Å². The van der Waals surface area contributed by atoms with Crippen molar-refractivity contribution in [2.24, 2.45) is 0 Å².